The fourth-order valence-electron chi connectivity index (χ4n) is 1.58. The fourth-order valence-corrected chi connectivity index (χ4v) is 2.51. The molecular weight excluding hydrogens is 233 g/mol. The van der Waals surface area contributed by atoms with E-state index in [1.807, 2.05) is 0 Å². The Morgan fingerprint density at radius 2 is 2.12 bits per heavy atom. The van der Waals surface area contributed by atoms with Gasteiger partial charge in [0.2, 0.25) is 0 Å². The van der Waals surface area contributed by atoms with Crippen molar-refractivity contribution < 1.29 is 17.5 Å². The lowest BCUT2D eigenvalue weighted by Crippen LogP contribution is -2.42. The summed E-state index contributed by atoms with van der Waals surface area (Å²) in [5.41, 5.74) is -0.931. The predicted octanol–water partition coefficient (Wildman–Crippen LogP) is 0.989. The second-order valence-electron chi connectivity index (χ2n) is 4.04. The highest BCUT2D eigenvalue weighted by molar-refractivity contribution is 7.90. The van der Waals surface area contributed by atoms with Crippen LogP contribution < -0.4 is 0 Å². The first-order valence-electron chi connectivity index (χ1n) is 4.77. The van der Waals surface area contributed by atoms with E-state index >= 15 is 0 Å². The minimum Gasteiger partial charge on any atom is -0.374 e. The molecule has 4 nitrogen and oxygen atoms in total. The van der Waals surface area contributed by atoms with Gasteiger partial charge in [-0.25, -0.2) is 12.8 Å². The average molecular weight is 245 g/mol. The van der Waals surface area contributed by atoms with Crippen LogP contribution >= 0.6 is 0 Å². The van der Waals surface area contributed by atoms with E-state index in [2.05, 4.69) is 4.98 Å². The molecule has 0 amide bonds. The number of aryl methyl sites for hydroxylation is 1. The first kappa shape index (κ1) is 11.5. The number of rotatable bonds is 2. The summed E-state index contributed by atoms with van der Waals surface area (Å²) >= 11 is 0. The standard InChI is InChI=1S/C10H12FNO3S/c1-7-9(16(2,13)14)3-8(4-12-7)10(11)5-15-6-10/h3-4H,5-6H2,1-2H3. The van der Waals surface area contributed by atoms with Crippen LogP contribution in [0.15, 0.2) is 17.2 Å². The quantitative estimate of drug-likeness (QED) is 0.779. The van der Waals surface area contributed by atoms with Crippen LogP contribution in [-0.2, 0) is 20.2 Å². The molecule has 1 aliphatic rings. The summed E-state index contributed by atoms with van der Waals surface area (Å²) in [5, 5.41) is 0. The van der Waals surface area contributed by atoms with Crippen LogP contribution in [0.25, 0.3) is 0 Å². The summed E-state index contributed by atoms with van der Waals surface area (Å²) in [6.07, 6.45) is 2.45. The number of sulfone groups is 1. The van der Waals surface area contributed by atoms with Crippen molar-refractivity contribution in [2.24, 2.45) is 0 Å². The van der Waals surface area contributed by atoms with Gasteiger partial charge in [-0.05, 0) is 13.0 Å². The Morgan fingerprint density at radius 3 is 2.56 bits per heavy atom. The van der Waals surface area contributed by atoms with E-state index < -0.39 is 15.5 Å². The molecule has 0 spiro atoms. The SMILES string of the molecule is Cc1ncc(C2(F)COC2)cc1S(C)(=O)=O. The zero-order valence-corrected chi connectivity index (χ0v) is 9.84. The Bertz CT molecular complexity index is 523. The van der Waals surface area contributed by atoms with Gasteiger partial charge in [-0.2, -0.15) is 0 Å². The minimum absolute atomic E-state index is 0.0407. The van der Waals surface area contributed by atoms with Gasteiger partial charge in [-0.1, -0.05) is 0 Å². The highest BCUT2D eigenvalue weighted by Crippen LogP contribution is 2.34. The lowest BCUT2D eigenvalue weighted by molar-refractivity contribution is -0.135. The normalized spacial score (nSPS) is 19.2. The van der Waals surface area contributed by atoms with E-state index in [1.165, 1.54) is 12.3 Å². The van der Waals surface area contributed by atoms with Crippen molar-refractivity contribution in [2.75, 3.05) is 19.5 Å². The number of halogens is 1. The number of hydrogen-bond acceptors (Lipinski definition) is 4. The number of pyridine rings is 1. The van der Waals surface area contributed by atoms with Crippen LogP contribution in [0, 0.1) is 6.92 Å². The summed E-state index contributed by atoms with van der Waals surface area (Å²) in [6, 6.07) is 1.35. The monoisotopic (exact) mass is 245 g/mol. The molecule has 1 fully saturated rings. The smallest absolute Gasteiger partial charge is 0.183 e. The molecule has 0 atom stereocenters. The maximum absolute atomic E-state index is 14.0. The van der Waals surface area contributed by atoms with Gasteiger partial charge in [0.1, 0.15) is 0 Å². The Morgan fingerprint density at radius 1 is 1.50 bits per heavy atom. The molecule has 1 aromatic rings. The zero-order valence-electron chi connectivity index (χ0n) is 9.03. The molecule has 0 bridgehead atoms. The summed E-state index contributed by atoms with van der Waals surface area (Å²) < 4.78 is 41.7. The van der Waals surface area contributed by atoms with E-state index in [0.29, 0.717) is 5.69 Å². The van der Waals surface area contributed by atoms with Crippen LogP contribution in [0.1, 0.15) is 11.3 Å². The number of ether oxygens (including phenoxy) is 1. The van der Waals surface area contributed by atoms with E-state index in [4.69, 9.17) is 4.74 Å². The van der Waals surface area contributed by atoms with Gasteiger partial charge in [0.25, 0.3) is 0 Å². The van der Waals surface area contributed by atoms with Crippen LogP contribution in [0.2, 0.25) is 0 Å². The molecule has 0 saturated carbocycles. The third kappa shape index (κ3) is 1.82. The Kier molecular flexibility index (Phi) is 2.51. The second-order valence-corrected chi connectivity index (χ2v) is 6.02. The average Bonchev–Trinajstić information content (AvgIpc) is 2.13. The predicted molar refractivity (Wildman–Crippen MR) is 55.7 cm³/mol. The van der Waals surface area contributed by atoms with E-state index in [9.17, 15) is 12.8 Å². The first-order chi connectivity index (χ1) is 7.33. The van der Waals surface area contributed by atoms with Gasteiger partial charge in [0.05, 0.1) is 23.8 Å². The highest BCUT2D eigenvalue weighted by Gasteiger charge is 2.41. The van der Waals surface area contributed by atoms with Crippen molar-refractivity contribution in [3.8, 4) is 0 Å². The lowest BCUT2D eigenvalue weighted by Gasteiger charge is -2.34. The molecule has 0 unspecified atom stereocenters. The molecule has 2 rings (SSSR count). The van der Waals surface area contributed by atoms with Gasteiger partial charge in [0, 0.05) is 18.0 Å². The molecule has 0 N–H and O–H groups in total. The summed E-state index contributed by atoms with van der Waals surface area (Å²) in [4.78, 5) is 4.00. The molecule has 6 heteroatoms. The van der Waals surface area contributed by atoms with Gasteiger partial charge in [0.15, 0.2) is 15.5 Å². The van der Waals surface area contributed by atoms with Crippen molar-refractivity contribution in [3.05, 3.63) is 23.5 Å². The van der Waals surface area contributed by atoms with Gasteiger partial charge in [-0.15, -0.1) is 0 Å². The van der Waals surface area contributed by atoms with Crippen molar-refractivity contribution in [1.29, 1.82) is 0 Å². The minimum atomic E-state index is -3.37. The molecule has 0 aromatic carbocycles. The van der Waals surface area contributed by atoms with Crippen molar-refractivity contribution in [2.45, 2.75) is 17.5 Å². The van der Waals surface area contributed by atoms with Crippen LogP contribution in [0.3, 0.4) is 0 Å². The van der Waals surface area contributed by atoms with E-state index in [0.717, 1.165) is 6.26 Å². The maximum Gasteiger partial charge on any atom is 0.183 e. The highest BCUT2D eigenvalue weighted by atomic mass is 32.2. The maximum atomic E-state index is 14.0. The molecule has 2 heterocycles. The molecule has 16 heavy (non-hydrogen) atoms. The molecule has 1 saturated heterocycles. The molecular formula is C10H12FNO3S. The van der Waals surface area contributed by atoms with Crippen molar-refractivity contribution in [3.63, 3.8) is 0 Å². The Hall–Kier alpha value is -1.01. The largest absolute Gasteiger partial charge is 0.374 e. The molecule has 0 aliphatic carbocycles. The number of aromatic nitrogens is 1. The number of hydrogen-bond donors (Lipinski definition) is 0. The van der Waals surface area contributed by atoms with Gasteiger partial charge in [-0.3, -0.25) is 4.98 Å². The molecule has 0 radical (unpaired) electrons. The summed E-state index contributed by atoms with van der Waals surface area (Å²) in [7, 11) is -3.37. The molecule has 1 aromatic heterocycles. The first-order valence-corrected chi connectivity index (χ1v) is 6.66. The third-order valence-corrected chi connectivity index (χ3v) is 3.83. The van der Waals surface area contributed by atoms with Crippen LogP contribution in [0.5, 0.6) is 0 Å². The van der Waals surface area contributed by atoms with Gasteiger partial charge >= 0.3 is 0 Å². The zero-order chi connectivity index (χ0) is 12.0. The van der Waals surface area contributed by atoms with Crippen molar-refractivity contribution in [1.82, 2.24) is 4.98 Å². The summed E-state index contributed by atoms with van der Waals surface area (Å²) in [6.45, 7) is 1.50. The van der Waals surface area contributed by atoms with Crippen LogP contribution in [-0.4, -0.2) is 32.9 Å². The number of nitrogens with zero attached hydrogens (tertiary/aromatic N) is 1. The number of alkyl halides is 1. The lowest BCUT2D eigenvalue weighted by atomic mass is 9.95. The third-order valence-electron chi connectivity index (χ3n) is 2.62. The summed E-state index contributed by atoms with van der Waals surface area (Å²) in [5.74, 6) is 0. The van der Waals surface area contributed by atoms with Gasteiger partial charge < -0.3 is 4.74 Å². The topological polar surface area (TPSA) is 56.3 Å². The van der Waals surface area contributed by atoms with E-state index in [-0.39, 0.29) is 23.7 Å². The fraction of sp³-hybridized carbons (Fsp3) is 0.500. The second kappa shape index (κ2) is 3.49. The van der Waals surface area contributed by atoms with E-state index in [1.54, 1.807) is 6.92 Å². The Balaban J connectivity index is 2.52. The molecule has 88 valence electrons. The van der Waals surface area contributed by atoms with Crippen LogP contribution in [0.4, 0.5) is 4.39 Å². The Labute approximate surface area is 93.4 Å². The molecule has 1 aliphatic heterocycles. The van der Waals surface area contributed by atoms with Crippen molar-refractivity contribution >= 4 is 9.84 Å².